The summed E-state index contributed by atoms with van der Waals surface area (Å²) in [5.41, 5.74) is 4.17. The van der Waals surface area contributed by atoms with Gasteiger partial charge in [-0.2, -0.15) is 0 Å². The van der Waals surface area contributed by atoms with Crippen molar-refractivity contribution in [2.45, 2.75) is 51.2 Å². The summed E-state index contributed by atoms with van der Waals surface area (Å²) in [4.78, 5) is 22.1. The first-order valence-corrected chi connectivity index (χ1v) is 12.9. The van der Waals surface area contributed by atoms with Crippen molar-refractivity contribution < 1.29 is 4.79 Å². The van der Waals surface area contributed by atoms with Crippen molar-refractivity contribution in [1.82, 2.24) is 19.8 Å². The minimum atomic E-state index is -0.0189. The van der Waals surface area contributed by atoms with E-state index < -0.39 is 0 Å². The Morgan fingerprint density at radius 1 is 1.15 bits per heavy atom. The van der Waals surface area contributed by atoms with E-state index in [1.165, 1.54) is 0 Å². The normalized spacial score (nSPS) is 22.2. The lowest BCUT2D eigenvalue weighted by Gasteiger charge is -2.42. The third-order valence-corrected chi connectivity index (χ3v) is 7.83. The van der Waals surface area contributed by atoms with Crippen LogP contribution in [0.4, 0.5) is 5.69 Å². The number of carbonyl (C=O) groups excluding carboxylic acids is 1. The maximum atomic E-state index is 13.1. The molecule has 2 aromatic carbocycles. The number of aromatic nitrogens is 2. The number of amides is 1. The average molecular weight is 500 g/mol. The van der Waals surface area contributed by atoms with Gasteiger partial charge >= 0.3 is 0 Å². The number of anilines is 1. The first kappa shape index (κ1) is 23.5. The summed E-state index contributed by atoms with van der Waals surface area (Å²) in [6.45, 7) is 7.59. The molecule has 3 atom stereocenters. The molecular weight excluding hydrogens is 469 g/mol. The van der Waals surface area contributed by atoms with Crippen molar-refractivity contribution in [2.24, 2.45) is 0 Å². The maximum Gasteiger partial charge on any atom is 0.240 e. The van der Waals surface area contributed by atoms with Gasteiger partial charge in [-0.15, -0.1) is 0 Å². The molecule has 1 amide bonds. The molecule has 1 aromatic heterocycles. The number of carbonyl (C=O) groups is 1. The number of nitrogens with zero attached hydrogens (tertiary/aromatic N) is 4. The number of benzene rings is 2. The van der Waals surface area contributed by atoms with Crippen molar-refractivity contribution in [3.63, 3.8) is 0 Å². The highest BCUT2D eigenvalue weighted by molar-refractivity contribution is 6.35. The molecule has 0 saturated carbocycles. The van der Waals surface area contributed by atoms with Crippen LogP contribution in [0.1, 0.15) is 44.7 Å². The van der Waals surface area contributed by atoms with E-state index in [4.69, 9.17) is 23.2 Å². The molecule has 3 heterocycles. The third-order valence-electron chi connectivity index (χ3n) is 7.27. The Labute approximate surface area is 210 Å². The quantitative estimate of drug-likeness (QED) is 0.540. The van der Waals surface area contributed by atoms with E-state index in [0.717, 1.165) is 67.7 Å². The minimum Gasteiger partial charge on any atom is -0.368 e. The SMILES string of the molecule is CC(c1ccc(Cl)cc1Cl)n1cnc2ccc(N3CCN(C(=O)[C@H]4CCCCN4)[C@H](C)C3)cc21. The topological polar surface area (TPSA) is 53.4 Å². The van der Waals surface area contributed by atoms with Crippen LogP contribution in [0.25, 0.3) is 11.0 Å². The van der Waals surface area contributed by atoms with Crippen LogP contribution in [0.15, 0.2) is 42.7 Å². The van der Waals surface area contributed by atoms with Gasteiger partial charge < -0.3 is 19.7 Å². The molecule has 0 aliphatic carbocycles. The van der Waals surface area contributed by atoms with Crippen LogP contribution in [0, 0.1) is 0 Å². The summed E-state index contributed by atoms with van der Waals surface area (Å²) in [7, 11) is 0. The molecule has 8 heteroatoms. The molecule has 5 rings (SSSR count). The van der Waals surface area contributed by atoms with Crippen molar-refractivity contribution in [3.8, 4) is 0 Å². The highest BCUT2D eigenvalue weighted by atomic mass is 35.5. The number of piperazine rings is 1. The number of imidazole rings is 1. The van der Waals surface area contributed by atoms with Crippen LogP contribution in [0.3, 0.4) is 0 Å². The van der Waals surface area contributed by atoms with Crippen molar-refractivity contribution >= 4 is 45.8 Å². The van der Waals surface area contributed by atoms with Crippen LogP contribution in [0.5, 0.6) is 0 Å². The number of fused-ring (bicyclic) bond motifs is 1. The number of hydrogen-bond acceptors (Lipinski definition) is 4. The zero-order valence-corrected chi connectivity index (χ0v) is 21.2. The molecule has 1 unspecified atom stereocenters. The van der Waals surface area contributed by atoms with Gasteiger partial charge in [0.05, 0.1) is 29.4 Å². The third kappa shape index (κ3) is 4.51. The molecule has 3 aromatic rings. The van der Waals surface area contributed by atoms with Crippen LogP contribution < -0.4 is 10.2 Å². The fourth-order valence-corrected chi connectivity index (χ4v) is 5.86. The fourth-order valence-electron chi connectivity index (χ4n) is 5.29. The van der Waals surface area contributed by atoms with Crippen molar-refractivity contribution in [1.29, 1.82) is 0 Å². The van der Waals surface area contributed by atoms with Gasteiger partial charge in [-0.3, -0.25) is 4.79 Å². The summed E-state index contributed by atoms with van der Waals surface area (Å²) >= 11 is 12.6. The Bertz CT molecular complexity index is 1190. The zero-order valence-electron chi connectivity index (χ0n) is 19.7. The highest BCUT2D eigenvalue weighted by Crippen LogP contribution is 2.32. The Kier molecular flexibility index (Phi) is 6.74. The largest absolute Gasteiger partial charge is 0.368 e. The average Bonchev–Trinajstić information content (AvgIpc) is 3.27. The molecular formula is C26H31Cl2N5O. The molecule has 34 heavy (non-hydrogen) atoms. The van der Waals surface area contributed by atoms with E-state index in [0.29, 0.717) is 10.0 Å². The minimum absolute atomic E-state index is 0.0152. The van der Waals surface area contributed by atoms with Gasteiger partial charge in [-0.1, -0.05) is 35.7 Å². The van der Waals surface area contributed by atoms with E-state index in [1.807, 2.05) is 18.5 Å². The molecule has 6 nitrogen and oxygen atoms in total. The molecule has 0 radical (unpaired) electrons. The Hall–Kier alpha value is -2.28. The molecule has 2 aliphatic heterocycles. The Morgan fingerprint density at radius 2 is 2.00 bits per heavy atom. The molecule has 0 bridgehead atoms. The van der Waals surface area contributed by atoms with Gasteiger partial charge in [0.15, 0.2) is 0 Å². The molecule has 1 N–H and O–H groups in total. The maximum absolute atomic E-state index is 13.1. The highest BCUT2D eigenvalue weighted by Gasteiger charge is 2.32. The molecule has 180 valence electrons. The monoisotopic (exact) mass is 499 g/mol. The number of nitrogens with one attached hydrogen (secondary N) is 1. The fraction of sp³-hybridized carbons (Fsp3) is 0.462. The van der Waals surface area contributed by atoms with Gasteiger partial charge in [-0.05, 0) is 69.1 Å². The Balaban J connectivity index is 1.35. The number of hydrogen-bond donors (Lipinski definition) is 1. The lowest BCUT2D eigenvalue weighted by atomic mass is 10.0. The standard InChI is InChI=1S/C26H31Cl2N5O/c1-17-15-31(11-12-32(17)26(34)24-5-3-4-10-29-24)20-7-9-23-25(14-20)33(16-30-23)18(2)21-8-6-19(27)13-22(21)28/h6-9,13-14,16-18,24,29H,3-5,10-12,15H2,1-2H3/t17-,18?,24-/m1/s1. The molecule has 0 spiro atoms. The van der Waals surface area contributed by atoms with E-state index in [9.17, 15) is 4.79 Å². The smallest absolute Gasteiger partial charge is 0.240 e. The first-order valence-electron chi connectivity index (χ1n) is 12.1. The second-order valence-electron chi connectivity index (χ2n) is 9.50. The van der Waals surface area contributed by atoms with E-state index >= 15 is 0 Å². The molecule has 2 saturated heterocycles. The lowest BCUT2D eigenvalue weighted by molar-refractivity contribution is -0.136. The Morgan fingerprint density at radius 3 is 2.74 bits per heavy atom. The van der Waals surface area contributed by atoms with E-state index in [1.54, 1.807) is 6.07 Å². The first-order chi connectivity index (χ1) is 16.4. The summed E-state index contributed by atoms with van der Waals surface area (Å²) < 4.78 is 2.16. The second-order valence-corrected chi connectivity index (χ2v) is 10.3. The summed E-state index contributed by atoms with van der Waals surface area (Å²) in [6.07, 6.45) is 5.11. The summed E-state index contributed by atoms with van der Waals surface area (Å²) in [5.74, 6) is 0.258. The van der Waals surface area contributed by atoms with Crippen LogP contribution in [-0.4, -0.2) is 58.6 Å². The van der Waals surface area contributed by atoms with Crippen LogP contribution in [0.2, 0.25) is 10.0 Å². The van der Waals surface area contributed by atoms with Crippen molar-refractivity contribution in [2.75, 3.05) is 31.1 Å². The van der Waals surface area contributed by atoms with Gasteiger partial charge in [0, 0.05) is 41.4 Å². The van der Waals surface area contributed by atoms with Gasteiger partial charge in [0.2, 0.25) is 5.91 Å². The summed E-state index contributed by atoms with van der Waals surface area (Å²) in [5, 5.41) is 4.69. The predicted molar refractivity (Wildman–Crippen MR) is 139 cm³/mol. The van der Waals surface area contributed by atoms with Crippen LogP contribution in [-0.2, 0) is 4.79 Å². The zero-order chi connectivity index (χ0) is 23.8. The number of piperidine rings is 1. The van der Waals surface area contributed by atoms with Crippen LogP contribution >= 0.6 is 23.2 Å². The van der Waals surface area contributed by atoms with Gasteiger partial charge in [0.1, 0.15) is 0 Å². The second kappa shape index (κ2) is 9.76. The van der Waals surface area contributed by atoms with Crippen molar-refractivity contribution in [3.05, 3.63) is 58.3 Å². The number of halogens is 2. The van der Waals surface area contributed by atoms with Gasteiger partial charge in [0.25, 0.3) is 0 Å². The molecule has 2 fully saturated rings. The van der Waals surface area contributed by atoms with E-state index in [-0.39, 0.29) is 24.0 Å². The van der Waals surface area contributed by atoms with E-state index in [2.05, 4.69) is 56.7 Å². The lowest BCUT2D eigenvalue weighted by Crippen LogP contribution is -2.58. The predicted octanol–water partition coefficient (Wildman–Crippen LogP) is 5.13. The van der Waals surface area contributed by atoms with Gasteiger partial charge in [-0.25, -0.2) is 4.98 Å². The number of rotatable bonds is 4. The summed E-state index contributed by atoms with van der Waals surface area (Å²) in [6, 6.07) is 12.2. The molecule has 2 aliphatic rings.